The van der Waals surface area contributed by atoms with Gasteiger partial charge in [0, 0.05) is 19.4 Å². The van der Waals surface area contributed by atoms with Crippen LogP contribution in [0.25, 0.3) is 0 Å². The summed E-state index contributed by atoms with van der Waals surface area (Å²) in [5.41, 5.74) is 1.50. The third-order valence-electron chi connectivity index (χ3n) is 4.79. The van der Waals surface area contributed by atoms with Crippen molar-refractivity contribution in [1.82, 2.24) is 20.6 Å². The molecule has 1 atom stereocenters. The Labute approximate surface area is 207 Å². The molecule has 0 bridgehead atoms. The Morgan fingerprint density at radius 2 is 2.00 bits per heavy atom. The summed E-state index contributed by atoms with van der Waals surface area (Å²) in [7, 11) is -3.03. The fourth-order valence-electron chi connectivity index (χ4n) is 3.28. The Kier molecular flexibility index (Phi) is 6.81. The number of methoxy groups -OCH3 is 1. The maximum atomic E-state index is 13.3. The largest absolute Gasteiger partial charge is 0.417 e. The zero-order chi connectivity index (χ0) is 25.4. The van der Waals surface area contributed by atoms with Gasteiger partial charge in [-0.25, -0.2) is 13.4 Å². The molecular formula is C19H16Cl2F3N7O3S. The fraction of sp³-hybridized carbons (Fsp3) is 0.211. The van der Waals surface area contributed by atoms with Gasteiger partial charge in [-0.15, -0.1) is 0 Å². The van der Waals surface area contributed by atoms with Crippen LogP contribution < -0.4 is 15.0 Å². The molecule has 0 radical (unpaired) electrons. The molecule has 186 valence electrons. The third-order valence-corrected chi connectivity index (χ3v) is 6.69. The number of alkyl halides is 3. The second kappa shape index (κ2) is 9.53. The monoisotopic (exact) mass is 549 g/mol. The van der Waals surface area contributed by atoms with E-state index in [1.165, 1.54) is 25.6 Å². The van der Waals surface area contributed by atoms with E-state index in [1.54, 1.807) is 11.0 Å². The molecule has 3 N–H and O–H groups in total. The molecule has 0 spiro atoms. The molecule has 1 aliphatic rings. The minimum Gasteiger partial charge on any atom is -0.381 e. The first-order valence-electron chi connectivity index (χ1n) is 9.67. The number of hydrogen-bond acceptors (Lipinski definition) is 8. The van der Waals surface area contributed by atoms with Crippen molar-refractivity contribution in [3.8, 4) is 0 Å². The van der Waals surface area contributed by atoms with Gasteiger partial charge in [0.1, 0.15) is 17.7 Å². The molecule has 10 nitrogen and oxygen atoms in total. The van der Waals surface area contributed by atoms with E-state index in [0.29, 0.717) is 11.9 Å². The summed E-state index contributed by atoms with van der Waals surface area (Å²) in [6, 6.07) is 5.17. The van der Waals surface area contributed by atoms with Gasteiger partial charge in [0.15, 0.2) is 5.84 Å². The quantitative estimate of drug-likeness (QED) is 0.410. The van der Waals surface area contributed by atoms with Crippen molar-refractivity contribution in [1.29, 1.82) is 0 Å². The summed E-state index contributed by atoms with van der Waals surface area (Å²) in [5, 5.41) is 10.4. The van der Waals surface area contributed by atoms with E-state index in [4.69, 9.17) is 27.9 Å². The van der Waals surface area contributed by atoms with Gasteiger partial charge < -0.3 is 4.74 Å². The molecule has 3 aromatic rings. The van der Waals surface area contributed by atoms with Crippen molar-refractivity contribution in [2.24, 2.45) is 5.10 Å². The van der Waals surface area contributed by atoms with Gasteiger partial charge >= 0.3 is 6.18 Å². The van der Waals surface area contributed by atoms with Crippen LogP contribution in [-0.2, 0) is 20.9 Å². The highest BCUT2D eigenvalue weighted by Crippen LogP contribution is 2.36. The van der Waals surface area contributed by atoms with Gasteiger partial charge in [-0.2, -0.15) is 23.4 Å². The number of sulfonamides is 1. The maximum Gasteiger partial charge on any atom is 0.417 e. The molecule has 0 saturated carbocycles. The van der Waals surface area contributed by atoms with Crippen molar-refractivity contribution in [3.05, 3.63) is 64.0 Å². The molecule has 0 amide bonds. The predicted octanol–water partition coefficient (Wildman–Crippen LogP) is 3.68. The van der Waals surface area contributed by atoms with Gasteiger partial charge in [-0.1, -0.05) is 23.2 Å². The molecule has 0 saturated heterocycles. The minimum atomic E-state index is -4.85. The van der Waals surface area contributed by atoms with Crippen LogP contribution in [0.5, 0.6) is 0 Å². The van der Waals surface area contributed by atoms with Gasteiger partial charge in [0.05, 0.1) is 39.0 Å². The Balaban J connectivity index is 1.75. The molecule has 3 heterocycles. The lowest BCUT2D eigenvalue weighted by Crippen LogP contribution is -2.44. The summed E-state index contributed by atoms with van der Waals surface area (Å²) in [5.74, 6) is 0.673. The summed E-state index contributed by atoms with van der Waals surface area (Å²) in [6.45, 7) is 0.186. The zero-order valence-corrected chi connectivity index (χ0v) is 20.0. The lowest BCUT2D eigenvalue weighted by Gasteiger charge is -2.25. The molecule has 35 heavy (non-hydrogen) atoms. The number of benzene rings is 1. The number of nitrogens with zero attached hydrogens (tertiary/aromatic N) is 4. The zero-order valence-electron chi connectivity index (χ0n) is 17.6. The first-order chi connectivity index (χ1) is 16.5. The number of ether oxygens (including phenoxy) is 1. The number of anilines is 2. The van der Waals surface area contributed by atoms with Crippen molar-refractivity contribution >= 4 is 50.6 Å². The Morgan fingerprint density at radius 1 is 1.23 bits per heavy atom. The van der Waals surface area contributed by atoms with Crippen LogP contribution in [0.2, 0.25) is 10.0 Å². The standard InChI is InChI=1S/C19H16Cl2F3N7O3S/c1-34-9-16-28-29-18(31(16)15-4-5-26-27-15)17-14(6-10(20)8-25-17)30-35(32,33)11-2-3-13(21)12(7-11)19(22,23)24/h2-8,16,28,30H,9H2,1H3,(H,26,27). The van der Waals surface area contributed by atoms with Gasteiger partial charge in [-0.05, 0) is 24.3 Å². The molecule has 1 unspecified atom stereocenters. The number of pyridine rings is 1. The number of rotatable bonds is 7. The highest BCUT2D eigenvalue weighted by molar-refractivity contribution is 7.92. The van der Waals surface area contributed by atoms with Crippen LogP contribution in [-0.4, -0.2) is 49.3 Å². The lowest BCUT2D eigenvalue weighted by atomic mass is 10.2. The molecule has 4 rings (SSSR count). The van der Waals surface area contributed by atoms with Crippen LogP contribution in [0.3, 0.4) is 0 Å². The first-order valence-corrected chi connectivity index (χ1v) is 11.9. The van der Waals surface area contributed by atoms with E-state index < -0.39 is 37.8 Å². The summed E-state index contributed by atoms with van der Waals surface area (Å²) in [4.78, 5) is 5.19. The minimum absolute atomic E-state index is 0.0451. The SMILES string of the molecule is COCC1NN=C(c2ncc(Cl)cc2NS(=O)(=O)c2ccc(Cl)c(C(F)(F)F)c2)N1c1ccn[nH]1. The molecule has 2 aromatic heterocycles. The summed E-state index contributed by atoms with van der Waals surface area (Å²) < 4.78 is 73.4. The summed E-state index contributed by atoms with van der Waals surface area (Å²) >= 11 is 11.7. The smallest absolute Gasteiger partial charge is 0.381 e. The van der Waals surface area contributed by atoms with E-state index >= 15 is 0 Å². The second-order valence-corrected chi connectivity index (χ2v) is 9.67. The number of nitrogens with one attached hydrogen (secondary N) is 3. The highest BCUT2D eigenvalue weighted by atomic mass is 35.5. The number of aromatic nitrogens is 3. The van der Waals surface area contributed by atoms with E-state index in [0.717, 1.165) is 12.1 Å². The number of hydrazone groups is 1. The van der Waals surface area contributed by atoms with Crippen LogP contribution >= 0.6 is 23.2 Å². The van der Waals surface area contributed by atoms with Gasteiger partial charge in [-0.3, -0.25) is 20.1 Å². The van der Waals surface area contributed by atoms with Gasteiger partial charge in [0.2, 0.25) is 0 Å². The summed E-state index contributed by atoms with van der Waals surface area (Å²) in [6.07, 6.45) is -2.57. The fourth-order valence-corrected chi connectivity index (χ4v) is 4.75. The van der Waals surface area contributed by atoms with E-state index in [-0.39, 0.29) is 28.8 Å². The topological polar surface area (TPSA) is 125 Å². The molecule has 0 aliphatic carbocycles. The van der Waals surface area contributed by atoms with Gasteiger partial charge in [0.25, 0.3) is 10.0 Å². The van der Waals surface area contributed by atoms with E-state index in [2.05, 4.69) is 30.4 Å². The Bertz CT molecular complexity index is 1370. The van der Waals surface area contributed by atoms with Crippen LogP contribution in [0.15, 0.2) is 52.7 Å². The average Bonchev–Trinajstić information content (AvgIpc) is 3.43. The third kappa shape index (κ3) is 5.15. The highest BCUT2D eigenvalue weighted by Gasteiger charge is 2.36. The number of H-pyrrole nitrogens is 1. The Morgan fingerprint density at radius 3 is 2.66 bits per heavy atom. The van der Waals surface area contributed by atoms with E-state index in [9.17, 15) is 21.6 Å². The molecule has 0 fully saturated rings. The lowest BCUT2D eigenvalue weighted by molar-refractivity contribution is -0.137. The van der Waals surface area contributed by atoms with E-state index in [1.807, 2.05) is 0 Å². The van der Waals surface area contributed by atoms with Crippen molar-refractivity contribution in [2.45, 2.75) is 17.2 Å². The van der Waals surface area contributed by atoms with Crippen LogP contribution in [0.4, 0.5) is 24.7 Å². The van der Waals surface area contributed by atoms with Crippen LogP contribution in [0.1, 0.15) is 11.3 Å². The average molecular weight is 550 g/mol. The van der Waals surface area contributed by atoms with Crippen molar-refractivity contribution in [3.63, 3.8) is 0 Å². The molecule has 1 aromatic carbocycles. The molecule has 1 aliphatic heterocycles. The number of amidine groups is 1. The molecular weight excluding hydrogens is 534 g/mol. The Hall–Kier alpha value is -3.07. The van der Waals surface area contributed by atoms with Crippen LogP contribution in [0, 0.1) is 0 Å². The number of hydrogen-bond donors (Lipinski definition) is 3. The number of aromatic amines is 1. The predicted molar refractivity (Wildman–Crippen MR) is 123 cm³/mol. The van der Waals surface area contributed by atoms with Crippen molar-refractivity contribution < 1.29 is 26.3 Å². The molecule has 16 heteroatoms. The maximum absolute atomic E-state index is 13.3. The first kappa shape index (κ1) is 25.0. The number of halogens is 5. The normalized spacial score (nSPS) is 16.2. The van der Waals surface area contributed by atoms with Crippen molar-refractivity contribution in [2.75, 3.05) is 23.3 Å². The second-order valence-electron chi connectivity index (χ2n) is 7.14.